The standard InChI is InChI=1S/C13H12F5N/c1-3-5-7(19-6-4-2)8-9(14)11(16)13(18)12(17)10(8)15/h1,7,19H,4-6H2,2H3. The number of rotatable bonds is 5. The van der Waals surface area contributed by atoms with Gasteiger partial charge in [-0.1, -0.05) is 6.92 Å². The number of terminal acetylenes is 1. The highest BCUT2D eigenvalue weighted by Gasteiger charge is 2.29. The summed E-state index contributed by atoms with van der Waals surface area (Å²) in [5, 5.41) is 2.66. The molecule has 0 radical (unpaired) electrons. The fourth-order valence-corrected chi connectivity index (χ4v) is 1.64. The van der Waals surface area contributed by atoms with Gasteiger partial charge in [-0.3, -0.25) is 0 Å². The topological polar surface area (TPSA) is 12.0 Å². The Hall–Kier alpha value is -1.61. The molecule has 0 fully saturated rings. The Morgan fingerprint density at radius 1 is 1.00 bits per heavy atom. The first kappa shape index (κ1) is 15.4. The number of nitrogens with one attached hydrogen (secondary N) is 1. The Morgan fingerprint density at radius 2 is 1.47 bits per heavy atom. The average molecular weight is 277 g/mol. The van der Waals surface area contributed by atoms with Gasteiger partial charge < -0.3 is 5.32 Å². The van der Waals surface area contributed by atoms with Gasteiger partial charge in [-0.2, -0.15) is 0 Å². The van der Waals surface area contributed by atoms with E-state index >= 15 is 0 Å². The highest BCUT2D eigenvalue weighted by molar-refractivity contribution is 5.28. The molecule has 0 bridgehead atoms. The molecule has 0 spiro atoms. The van der Waals surface area contributed by atoms with Crippen molar-refractivity contribution in [3.05, 3.63) is 34.6 Å². The monoisotopic (exact) mass is 277 g/mol. The quantitative estimate of drug-likeness (QED) is 0.376. The molecule has 0 aliphatic heterocycles. The fraction of sp³-hybridized carbons (Fsp3) is 0.385. The van der Waals surface area contributed by atoms with Crippen molar-refractivity contribution >= 4 is 0 Å². The van der Waals surface area contributed by atoms with E-state index in [0.717, 1.165) is 0 Å². The molecule has 0 saturated heterocycles. The van der Waals surface area contributed by atoms with E-state index in [1.165, 1.54) is 0 Å². The Labute approximate surface area is 107 Å². The van der Waals surface area contributed by atoms with Crippen molar-refractivity contribution in [2.24, 2.45) is 0 Å². The second-order valence-corrected chi connectivity index (χ2v) is 3.90. The summed E-state index contributed by atoms with van der Waals surface area (Å²) in [6.07, 6.45) is 5.49. The van der Waals surface area contributed by atoms with E-state index in [-0.39, 0.29) is 6.42 Å². The zero-order valence-corrected chi connectivity index (χ0v) is 10.2. The van der Waals surface area contributed by atoms with Crippen LogP contribution < -0.4 is 5.32 Å². The first-order valence-corrected chi connectivity index (χ1v) is 5.63. The van der Waals surface area contributed by atoms with Crippen LogP contribution in [0.4, 0.5) is 22.0 Å². The van der Waals surface area contributed by atoms with Crippen LogP contribution in [-0.2, 0) is 0 Å². The molecule has 0 aromatic heterocycles. The summed E-state index contributed by atoms with van der Waals surface area (Å²) in [5.74, 6) is -7.65. The Kier molecular flexibility index (Phi) is 5.31. The van der Waals surface area contributed by atoms with Crippen molar-refractivity contribution in [1.82, 2.24) is 5.32 Å². The molecule has 1 aromatic rings. The lowest BCUT2D eigenvalue weighted by atomic mass is 10.0. The van der Waals surface area contributed by atoms with Gasteiger partial charge in [0, 0.05) is 18.0 Å². The summed E-state index contributed by atoms with van der Waals surface area (Å²) < 4.78 is 66.2. The zero-order valence-electron chi connectivity index (χ0n) is 10.2. The molecule has 1 nitrogen and oxygen atoms in total. The molecule has 0 saturated carbocycles. The molecule has 1 atom stereocenters. The summed E-state index contributed by atoms with van der Waals surface area (Å²) in [5.41, 5.74) is -0.914. The first-order chi connectivity index (χ1) is 8.95. The van der Waals surface area contributed by atoms with Crippen LogP contribution in [0.3, 0.4) is 0 Å². The smallest absolute Gasteiger partial charge is 0.200 e. The Bertz CT molecular complexity index is 478. The molecule has 0 heterocycles. The number of hydrogen-bond donors (Lipinski definition) is 1. The predicted octanol–water partition coefficient (Wildman–Crippen LogP) is 3.45. The van der Waals surface area contributed by atoms with Crippen molar-refractivity contribution in [3.63, 3.8) is 0 Å². The molecule has 0 amide bonds. The molecule has 1 aromatic carbocycles. The maximum absolute atomic E-state index is 13.6. The van der Waals surface area contributed by atoms with Crippen LogP contribution in [0.2, 0.25) is 0 Å². The third-order valence-electron chi connectivity index (χ3n) is 2.55. The predicted molar refractivity (Wildman–Crippen MR) is 60.7 cm³/mol. The molecular weight excluding hydrogens is 265 g/mol. The normalized spacial score (nSPS) is 12.3. The van der Waals surface area contributed by atoms with Crippen LogP contribution in [-0.4, -0.2) is 6.54 Å². The van der Waals surface area contributed by atoms with E-state index in [1.807, 2.05) is 0 Å². The van der Waals surface area contributed by atoms with Crippen molar-refractivity contribution in [2.75, 3.05) is 6.54 Å². The summed E-state index contributed by atoms with van der Waals surface area (Å²) in [7, 11) is 0. The van der Waals surface area contributed by atoms with Gasteiger partial charge in [-0.05, 0) is 13.0 Å². The van der Waals surface area contributed by atoms with Crippen LogP contribution in [0.5, 0.6) is 0 Å². The van der Waals surface area contributed by atoms with Gasteiger partial charge in [0.1, 0.15) is 0 Å². The summed E-state index contributed by atoms with van der Waals surface area (Å²) in [6, 6.07) is -1.12. The van der Waals surface area contributed by atoms with Crippen LogP contribution in [0.25, 0.3) is 0 Å². The molecule has 19 heavy (non-hydrogen) atoms. The molecular formula is C13H12F5N. The Balaban J connectivity index is 3.34. The van der Waals surface area contributed by atoms with E-state index in [2.05, 4.69) is 11.2 Å². The molecule has 0 aliphatic carbocycles. The SMILES string of the molecule is C#CCC(NCCC)c1c(F)c(F)c(F)c(F)c1F. The van der Waals surface area contributed by atoms with Gasteiger partial charge in [0.15, 0.2) is 23.3 Å². The minimum Gasteiger partial charge on any atom is -0.309 e. The maximum atomic E-state index is 13.6. The van der Waals surface area contributed by atoms with Crippen molar-refractivity contribution in [1.29, 1.82) is 0 Å². The zero-order chi connectivity index (χ0) is 14.6. The molecule has 0 aliphatic rings. The van der Waals surface area contributed by atoms with E-state index in [1.54, 1.807) is 6.92 Å². The van der Waals surface area contributed by atoms with E-state index in [0.29, 0.717) is 13.0 Å². The molecule has 1 unspecified atom stereocenters. The van der Waals surface area contributed by atoms with E-state index in [4.69, 9.17) is 6.42 Å². The van der Waals surface area contributed by atoms with Gasteiger partial charge in [0.05, 0.1) is 0 Å². The lowest BCUT2D eigenvalue weighted by molar-refractivity contribution is 0.356. The second-order valence-electron chi connectivity index (χ2n) is 3.90. The van der Waals surface area contributed by atoms with E-state index < -0.39 is 40.7 Å². The third kappa shape index (κ3) is 3.04. The van der Waals surface area contributed by atoms with Gasteiger partial charge in [0.2, 0.25) is 5.82 Å². The van der Waals surface area contributed by atoms with Crippen LogP contribution in [0.1, 0.15) is 31.4 Å². The number of benzene rings is 1. The van der Waals surface area contributed by atoms with Crippen molar-refractivity contribution < 1.29 is 22.0 Å². The highest BCUT2D eigenvalue weighted by Crippen LogP contribution is 2.29. The lowest BCUT2D eigenvalue weighted by Crippen LogP contribution is -2.25. The van der Waals surface area contributed by atoms with Gasteiger partial charge in [-0.25, -0.2) is 22.0 Å². The molecule has 1 N–H and O–H groups in total. The van der Waals surface area contributed by atoms with Crippen molar-refractivity contribution in [2.45, 2.75) is 25.8 Å². The van der Waals surface area contributed by atoms with Gasteiger partial charge in [-0.15, -0.1) is 12.3 Å². The maximum Gasteiger partial charge on any atom is 0.200 e. The summed E-state index contributed by atoms with van der Waals surface area (Å²) >= 11 is 0. The van der Waals surface area contributed by atoms with Crippen LogP contribution in [0.15, 0.2) is 0 Å². The van der Waals surface area contributed by atoms with Gasteiger partial charge >= 0.3 is 0 Å². The Morgan fingerprint density at radius 3 is 1.89 bits per heavy atom. The lowest BCUT2D eigenvalue weighted by Gasteiger charge is -2.18. The molecule has 6 heteroatoms. The fourth-order valence-electron chi connectivity index (χ4n) is 1.64. The summed E-state index contributed by atoms with van der Waals surface area (Å²) in [6.45, 7) is 2.13. The summed E-state index contributed by atoms with van der Waals surface area (Å²) in [4.78, 5) is 0. The number of hydrogen-bond acceptors (Lipinski definition) is 1. The van der Waals surface area contributed by atoms with Crippen molar-refractivity contribution in [3.8, 4) is 12.3 Å². The minimum atomic E-state index is -2.17. The van der Waals surface area contributed by atoms with Crippen LogP contribution in [0, 0.1) is 41.4 Å². The molecule has 104 valence electrons. The van der Waals surface area contributed by atoms with E-state index in [9.17, 15) is 22.0 Å². The second kappa shape index (κ2) is 6.53. The number of halogens is 5. The highest BCUT2D eigenvalue weighted by atomic mass is 19.2. The van der Waals surface area contributed by atoms with Crippen LogP contribution >= 0.6 is 0 Å². The third-order valence-corrected chi connectivity index (χ3v) is 2.55. The minimum absolute atomic E-state index is 0.182. The van der Waals surface area contributed by atoms with Gasteiger partial charge in [0.25, 0.3) is 0 Å². The first-order valence-electron chi connectivity index (χ1n) is 5.63. The average Bonchev–Trinajstić information content (AvgIpc) is 2.40. The molecule has 1 rings (SSSR count). The largest absolute Gasteiger partial charge is 0.309 e.